The highest BCUT2D eigenvalue weighted by Crippen LogP contribution is 2.43. The lowest BCUT2D eigenvalue weighted by Gasteiger charge is -2.43. The largest absolute Gasteiger partial charge is 0.479 e. The molecule has 1 N–H and O–H groups in total. The zero-order valence-electron chi connectivity index (χ0n) is 12.8. The predicted molar refractivity (Wildman–Crippen MR) is 83.3 cm³/mol. The minimum Gasteiger partial charge on any atom is -0.479 e. The van der Waals surface area contributed by atoms with Gasteiger partial charge in [-0.05, 0) is 12.1 Å². The van der Waals surface area contributed by atoms with Crippen molar-refractivity contribution < 1.29 is 23.5 Å². The quantitative estimate of drug-likeness (QED) is 0.669. The van der Waals surface area contributed by atoms with E-state index in [0.29, 0.717) is 0 Å². The van der Waals surface area contributed by atoms with Crippen LogP contribution in [0.5, 0.6) is 5.75 Å². The monoisotopic (exact) mass is 352 g/mol. The van der Waals surface area contributed by atoms with Gasteiger partial charge in [-0.1, -0.05) is 6.07 Å². The molecule has 132 valence electrons. The molecule has 3 rings (SSSR count). The first-order valence-corrected chi connectivity index (χ1v) is 7.38. The fourth-order valence-corrected chi connectivity index (χ4v) is 2.93. The zero-order chi connectivity index (χ0) is 18.2. The van der Waals surface area contributed by atoms with E-state index in [9.17, 15) is 28.8 Å². The van der Waals surface area contributed by atoms with Gasteiger partial charge >= 0.3 is 0 Å². The second-order valence-corrected chi connectivity index (χ2v) is 5.75. The second kappa shape index (κ2) is 6.25. The van der Waals surface area contributed by atoms with Gasteiger partial charge in [0.1, 0.15) is 25.2 Å². The highest BCUT2D eigenvalue weighted by atomic mass is 19.1. The SMILES string of the molecule is O=c1ccccn1[C@H]1c2cc([N+](=O)[O-])ccc2OC(CF)(CF)[C@@H]1O. The normalized spacial score (nSPS) is 21.2. The van der Waals surface area contributed by atoms with Crippen molar-refractivity contribution in [2.24, 2.45) is 0 Å². The van der Waals surface area contributed by atoms with E-state index in [-0.39, 0.29) is 17.0 Å². The third-order valence-corrected chi connectivity index (χ3v) is 4.28. The average Bonchev–Trinajstić information content (AvgIpc) is 2.62. The maximum atomic E-state index is 13.6. The summed E-state index contributed by atoms with van der Waals surface area (Å²) >= 11 is 0. The van der Waals surface area contributed by atoms with Crippen LogP contribution in [0.15, 0.2) is 47.4 Å². The van der Waals surface area contributed by atoms with Crippen LogP contribution in [0.25, 0.3) is 0 Å². The van der Waals surface area contributed by atoms with Gasteiger partial charge in [0.2, 0.25) is 0 Å². The summed E-state index contributed by atoms with van der Waals surface area (Å²) in [5.41, 5.74) is -2.91. The van der Waals surface area contributed by atoms with E-state index in [1.165, 1.54) is 30.5 Å². The standard InChI is InChI=1S/C16H14F2N2O5/c17-8-16(9-18)15(22)14(19-6-2-1-3-13(19)21)11-7-10(20(23)24)4-5-12(11)25-16/h1-7,14-15,22H,8-9H2/t14-,15+/m0/s1. The molecule has 1 aliphatic heterocycles. The molecule has 2 atom stereocenters. The van der Waals surface area contributed by atoms with Gasteiger partial charge in [-0.25, -0.2) is 8.78 Å². The molecule has 0 amide bonds. The Labute approximate surface area is 140 Å². The molecule has 1 aromatic carbocycles. The second-order valence-electron chi connectivity index (χ2n) is 5.75. The van der Waals surface area contributed by atoms with Crippen molar-refractivity contribution >= 4 is 5.69 Å². The summed E-state index contributed by atoms with van der Waals surface area (Å²) < 4.78 is 33.5. The number of hydrogen-bond donors (Lipinski definition) is 1. The topological polar surface area (TPSA) is 94.6 Å². The third-order valence-electron chi connectivity index (χ3n) is 4.28. The van der Waals surface area contributed by atoms with Crippen LogP contribution >= 0.6 is 0 Å². The number of ether oxygens (including phenoxy) is 1. The van der Waals surface area contributed by atoms with Crippen molar-refractivity contribution in [1.82, 2.24) is 4.57 Å². The highest BCUT2D eigenvalue weighted by molar-refractivity contribution is 5.48. The fraction of sp³-hybridized carbons (Fsp3) is 0.312. The third kappa shape index (κ3) is 2.66. The molecule has 0 bridgehead atoms. The maximum absolute atomic E-state index is 13.6. The van der Waals surface area contributed by atoms with E-state index in [1.807, 2.05) is 0 Å². The Morgan fingerprint density at radius 2 is 2.00 bits per heavy atom. The summed E-state index contributed by atoms with van der Waals surface area (Å²) in [6, 6.07) is 6.42. The molecule has 0 spiro atoms. The summed E-state index contributed by atoms with van der Waals surface area (Å²) in [5.74, 6) is -0.0213. The van der Waals surface area contributed by atoms with E-state index in [0.717, 1.165) is 16.7 Å². The molecule has 0 saturated heterocycles. The number of rotatable bonds is 4. The maximum Gasteiger partial charge on any atom is 0.270 e. The molecule has 2 heterocycles. The molecule has 25 heavy (non-hydrogen) atoms. The van der Waals surface area contributed by atoms with Gasteiger partial charge < -0.3 is 14.4 Å². The molecule has 0 unspecified atom stereocenters. The number of nitro benzene ring substituents is 1. The number of aliphatic hydroxyl groups is 1. The number of aromatic nitrogens is 1. The van der Waals surface area contributed by atoms with Crippen molar-refractivity contribution in [1.29, 1.82) is 0 Å². The smallest absolute Gasteiger partial charge is 0.270 e. The number of fused-ring (bicyclic) bond motifs is 1. The number of nitrogens with zero attached hydrogens (tertiary/aromatic N) is 2. The van der Waals surface area contributed by atoms with Gasteiger partial charge in [-0.2, -0.15) is 0 Å². The Hall–Kier alpha value is -2.81. The Bertz CT molecular complexity index is 866. The van der Waals surface area contributed by atoms with Gasteiger partial charge in [-0.3, -0.25) is 14.9 Å². The fourth-order valence-electron chi connectivity index (χ4n) is 2.93. The van der Waals surface area contributed by atoms with E-state index in [1.54, 1.807) is 0 Å². The molecule has 0 radical (unpaired) electrons. The predicted octanol–water partition coefficient (Wildman–Crippen LogP) is 1.78. The van der Waals surface area contributed by atoms with Crippen LogP contribution in [0, 0.1) is 10.1 Å². The van der Waals surface area contributed by atoms with Crippen LogP contribution in [0.4, 0.5) is 14.5 Å². The van der Waals surface area contributed by atoms with Crippen molar-refractivity contribution in [2.45, 2.75) is 17.7 Å². The van der Waals surface area contributed by atoms with Gasteiger partial charge in [-0.15, -0.1) is 0 Å². The Balaban J connectivity index is 2.27. The first-order valence-electron chi connectivity index (χ1n) is 7.38. The van der Waals surface area contributed by atoms with Gasteiger partial charge in [0.25, 0.3) is 11.2 Å². The van der Waals surface area contributed by atoms with Crippen LogP contribution in [0.1, 0.15) is 11.6 Å². The van der Waals surface area contributed by atoms with Crippen molar-refractivity contribution in [2.75, 3.05) is 13.3 Å². The van der Waals surface area contributed by atoms with E-state index in [4.69, 9.17) is 4.74 Å². The number of nitro groups is 1. The average molecular weight is 352 g/mol. The van der Waals surface area contributed by atoms with Gasteiger partial charge in [0.05, 0.1) is 11.0 Å². The molecule has 1 aromatic heterocycles. The molecule has 0 saturated carbocycles. The molecule has 7 nitrogen and oxygen atoms in total. The molecular weight excluding hydrogens is 338 g/mol. The van der Waals surface area contributed by atoms with Crippen LogP contribution in [-0.4, -0.2) is 39.7 Å². The number of aliphatic hydroxyl groups excluding tert-OH is 1. The Kier molecular flexibility index (Phi) is 4.25. The van der Waals surface area contributed by atoms with E-state index in [2.05, 4.69) is 0 Å². The van der Waals surface area contributed by atoms with E-state index >= 15 is 0 Å². The van der Waals surface area contributed by atoms with Crippen LogP contribution in [-0.2, 0) is 0 Å². The molecule has 9 heteroatoms. The minimum absolute atomic E-state index is 0.0213. The lowest BCUT2D eigenvalue weighted by Crippen LogP contribution is -2.58. The van der Waals surface area contributed by atoms with Crippen LogP contribution in [0.2, 0.25) is 0 Å². The molecule has 0 fully saturated rings. The summed E-state index contributed by atoms with van der Waals surface area (Å²) in [6.07, 6.45) is -0.428. The number of pyridine rings is 1. The molecule has 0 aliphatic carbocycles. The Morgan fingerprint density at radius 1 is 1.28 bits per heavy atom. The summed E-state index contributed by atoms with van der Waals surface area (Å²) in [6.45, 7) is -2.67. The summed E-state index contributed by atoms with van der Waals surface area (Å²) in [7, 11) is 0. The number of hydrogen-bond acceptors (Lipinski definition) is 5. The Morgan fingerprint density at radius 3 is 2.60 bits per heavy atom. The summed E-state index contributed by atoms with van der Waals surface area (Å²) in [5, 5.41) is 21.6. The lowest BCUT2D eigenvalue weighted by molar-refractivity contribution is -0.385. The summed E-state index contributed by atoms with van der Waals surface area (Å²) in [4.78, 5) is 22.6. The highest BCUT2D eigenvalue weighted by Gasteiger charge is 2.51. The number of alkyl halides is 2. The van der Waals surface area contributed by atoms with Crippen LogP contribution in [0.3, 0.4) is 0 Å². The zero-order valence-corrected chi connectivity index (χ0v) is 12.8. The van der Waals surface area contributed by atoms with Crippen molar-refractivity contribution in [3.05, 3.63) is 68.6 Å². The number of non-ortho nitro benzene ring substituents is 1. The van der Waals surface area contributed by atoms with Gasteiger partial charge in [0, 0.05) is 30.0 Å². The molecule has 2 aromatic rings. The number of benzene rings is 1. The van der Waals surface area contributed by atoms with E-state index < -0.39 is 41.6 Å². The van der Waals surface area contributed by atoms with Gasteiger partial charge in [0.15, 0.2) is 5.60 Å². The lowest BCUT2D eigenvalue weighted by atomic mass is 9.85. The van der Waals surface area contributed by atoms with Crippen LogP contribution < -0.4 is 10.3 Å². The molecule has 1 aliphatic rings. The molecular formula is C16H14F2N2O5. The van der Waals surface area contributed by atoms with Crippen molar-refractivity contribution in [3.63, 3.8) is 0 Å². The first kappa shape index (κ1) is 17.0. The number of halogens is 2. The first-order chi connectivity index (χ1) is 11.9. The minimum atomic E-state index is -2.19. The van der Waals surface area contributed by atoms with Crippen molar-refractivity contribution in [3.8, 4) is 5.75 Å².